The summed E-state index contributed by atoms with van der Waals surface area (Å²) in [5.41, 5.74) is 5.64. The molecule has 3 rings (SSSR count). The van der Waals surface area contributed by atoms with E-state index in [1.54, 1.807) is 6.07 Å². The van der Waals surface area contributed by atoms with Crippen LogP contribution in [-0.2, 0) is 9.47 Å². The number of nitrogen functional groups attached to an aromatic ring is 1. The van der Waals surface area contributed by atoms with E-state index >= 15 is 0 Å². The van der Waals surface area contributed by atoms with Crippen molar-refractivity contribution in [1.29, 1.82) is 0 Å². The summed E-state index contributed by atoms with van der Waals surface area (Å²) in [7, 11) is 0. The fourth-order valence-corrected chi connectivity index (χ4v) is 3.28. The van der Waals surface area contributed by atoms with E-state index in [1.165, 1.54) is 0 Å². The topological polar surface area (TPSA) is 85.5 Å². The van der Waals surface area contributed by atoms with Gasteiger partial charge in [-0.2, -0.15) is 4.98 Å². The fourth-order valence-electron chi connectivity index (χ4n) is 3.09. The number of morpholine rings is 1. The van der Waals surface area contributed by atoms with Crippen molar-refractivity contribution in [2.45, 2.75) is 12.5 Å². The molecule has 2 aliphatic rings. The van der Waals surface area contributed by atoms with Gasteiger partial charge in [0.05, 0.1) is 19.8 Å². The molecular formula is C14H22ClN5O2. The van der Waals surface area contributed by atoms with E-state index in [2.05, 4.69) is 20.2 Å². The van der Waals surface area contributed by atoms with Crippen LogP contribution < -0.4 is 11.1 Å². The van der Waals surface area contributed by atoms with E-state index in [-0.39, 0.29) is 5.95 Å². The Bertz CT molecular complexity index is 472. The van der Waals surface area contributed by atoms with Gasteiger partial charge in [-0.15, -0.1) is 0 Å². The third kappa shape index (κ3) is 3.98. The molecule has 122 valence electrons. The number of aromatic nitrogens is 2. The Balaban J connectivity index is 1.66. The molecule has 2 atom stereocenters. The highest BCUT2D eigenvalue weighted by Gasteiger charge is 2.31. The van der Waals surface area contributed by atoms with E-state index in [0.29, 0.717) is 22.9 Å². The van der Waals surface area contributed by atoms with Crippen LogP contribution in [0.2, 0.25) is 5.15 Å². The molecule has 0 aliphatic carbocycles. The van der Waals surface area contributed by atoms with Gasteiger partial charge in [-0.05, 0) is 6.42 Å². The summed E-state index contributed by atoms with van der Waals surface area (Å²) >= 11 is 5.92. The molecule has 0 spiro atoms. The lowest BCUT2D eigenvalue weighted by Gasteiger charge is -2.37. The Morgan fingerprint density at radius 2 is 2.14 bits per heavy atom. The van der Waals surface area contributed by atoms with Crippen LogP contribution in [0.3, 0.4) is 0 Å². The lowest BCUT2D eigenvalue weighted by Crippen LogP contribution is -2.50. The average Bonchev–Trinajstić information content (AvgIpc) is 3.02. The Morgan fingerprint density at radius 3 is 2.82 bits per heavy atom. The normalized spacial score (nSPS) is 24.3. The van der Waals surface area contributed by atoms with E-state index in [0.717, 1.165) is 52.5 Å². The highest BCUT2D eigenvalue weighted by molar-refractivity contribution is 6.29. The fraction of sp³-hybridized carbons (Fsp3) is 0.714. The highest BCUT2D eigenvalue weighted by atomic mass is 35.5. The number of hydrogen-bond donors (Lipinski definition) is 2. The monoisotopic (exact) mass is 327 g/mol. The summed E-state index contributed by atoms with van der Waals surface area (Å²) in [5, 5.41) is 3.70. The number of rotatable bonds is 5. The van der Waals surface area contributed by atoms with Gasteiger partial charge in [-0.3, -0.25) is 4.90 Å². The van der Waals surface area contributed by atoms with Crippen LogP contribution in [0.1, 0.15) is 6.42 Å². The first-order chi connectivity index (χ1) is 10.7. The van der Waals surface area contributed by atoms with Gasteiger partial charge >= 0.3 is 0 Å². The Labute approximate surface area is 135 Å². The molecule has 0 bridgehead atoms. The minimum atomic E-state index is 0.183. The lowest BCUT2D eigenvalue weighted by atomic mass is 9.97. The molecule has 7 nitrogen and oxygen atoms in total. The number of nitrogens with two attached hydrogens (primary N) is 1. The minimum absolute atomic E-state index is 0.183. The molecule has 8 heteroatoms. The largest absolute Gasteiger partial charge is 0.381 e. The van der Waals surface area contributed by atoms with Crippen molar-refractivity contribution >= 4 is 23.4 Å². The van der Waals surface area contributed by atoms with Gasteiger partial charge in [0.25, 0.3) is 0 Å². The molecule has 2 aliphatic heterocycles. The van der Waals surface area contributed by atoms with Gasteiger partial charge in [0.15, 0.2) is 0 Å². The van der Waals surface area contributed by atoms with Gasteiger partial charge < -0.3 is 20.5 Å². The molecule has 2 saturated heterocycles. The zero-order chi connectivity index (χ0) is 15.4. The van der Waals surface area contributed by atoms with E-state index in [4.69, 9.17) is 26.8 Å². The van der Waals surface area contributed by atoms with Gasteiger partial charge in [-0.25, -0.2) is 4.98 Å². The molecular weight excluding hydrogens is 306 g/mol. The van der Waals surface area contributed by atoms with Gasteiger partial charge in [0.2, 0.25) is 5.95 Å². The molecule has 1 aromatic rings. The molecule has 2 fully saturated rings. The predicted octanol–water partition coefficient (Wildman–Crippen LogP) is 0.861. The molecule has 1 aromatic heterocycles. The van der Waals surface area contributed by atoms with Crippen molar-refractivity contribution < 1.29 is 9.47 Å². The van der Waals surface area contributed by atoms with E-state index in [9.17, 15) is 0 Å². The zero-order valence-electron chi connectivity index (χ0n) is 12.5. The molecule has 0 amide bonds. The van der Waals surface area contributed by atoms with E-state index in [1.807, 2.05) is 0 Å². The van der Waals surface area contributed by atoms with Gasteiger partial charge in [0, 0.05) is 44.3 Å². The second-order valence-electron chi connectivity index (χ2n) is 5.65. The number of nitrogens with one attached hydrogen (secondary N) is 1. The van der Waals surface area contributed by atoms with Crippen LogP contribution in [-0.4, -0.2) is 67.0 Å². The third-order valence-corrected chi connectivity index (χ3v) is 4.42. The highest BCUT2D eigenvalue weighted by Crippen LogP contribution is 2.23. The minimum Gasteiger partial charge on any atom is -0.381 e. The Kier molecular flexibility index (Phi) is 5.30. The van der Waals surface area contributed by atoms with Crippen LogP contribution >= 0.6 is 11.6 Å². The van der Waals surface area contributed by atoms with Crippen molar-refractivity contribution in [3.63, 3.8) is 0 Å². The summed E-state index contributed by atoms with van der Waals surface area (Å²) in [5.74, 6) is 1.37. The SMILES string of the molecule is Nc1nc(Cl)cc(NC[C@@H]([C@@H]2CCOC2)N2CCOCC2)n1. The van der Waals surface area contributed by atoms with Crippen molar-refractivity contribution in [3.8, 4) is 0 Å². The summed E-state index contributed by atoms with van der Waals surface area (Å²) in [6, 6.07) is 2.08. The molecule has 22 heavy (non-hydrogen) atoms. The predicted molar refractivity (Wildman–Crippen MR) is 85.1 cm³/mol. The zero-order valence-corrected chi connectivity index (χ0v) is 13.3. The summed E-state index contributed by atoms with van der Waals surface area (Å²) < 4.78 is 11.0. The van der Waals surface area contributed by atoms with Crippen molar-refractivity contribution in [1.82, 2.24) is 14.9 Å². The number of hydrogen-bond acceptors (Lipinski definition) is 7. The second kappa shape index (κ2) is 7.41. The summed E-state index contributed by atoms with van der Waals surface area (Å²) in [6.07, 6.45) is 1.09. The Hall–Kier alpha value is -1.15. The van der Waals surface area contributed by atoms with Crippen molar-refractivity contribution in [3.05, 3.63) is 11.2 Å². The van der Waals surface area contributed by atoms with Gasteiger partial charge in [-0.1, -0.05) is 11.6 Å². The molecule has 3 N–H and O–H groups in total. The third-order valence-electron chi connectivity index (χ3n) is 4.23. The van der Waals surface area contributed by atoms with Crippen LogP contribution in [0, 0.1) is 5.92 Å². The van der Waals surface area contributed by atoms with Crippen LogP contribution in [0.4, 0.5) is 11.8 Å². The summed E-state index contributed by atoms with van der Waals surface area (Å²) in [4.78, 5) is 10.5. The lowest BCUT2D eigenvalue weighted by molar-refractivity contribution is 0.00460. The maximum absolute atomic E-state index is 5.92. The van der Waals surface area contributed by atoms with Crippen molar-refractivity contribution in [2.24, 2.45) is 5.92 Å². The molecule has 3 heterocycles. The second-order valence-corrected chi connectivity index (χ2v) is 6.04. The maximum atomic E-state index is 5.92. The summed E-state index contributed by atoms with van der Waals surface area (Å²) in [6.45, 7) is 5.92. The van der Waals surface area contributed by atoms with Crippen LogP contribution in [0.25, 0.3) is 0 Å². The maximum Gasteiger partial charge on any atom is 0.223 e. The van der Waals surface area contributed by atoms with Crippen LogP contribution in [0.15, 0.2) is 6.07 Å². The molecule has 0 aromatic carbocycles. The first-order valence-electron chi connectivity index (χ1n) is 7.66. The number of nitrogens with zero attached hydrogens (tertiary/aromatic N) is 3. The molecule has 0 saturated carbocycles. The number of halogens is 1. The van der Waals surface area contributed by atoms with Gasteiger partial charge in [0.1, 0.15) is 11.0 Å². The van der Waals surface area contributed by atoms with E-state index < -0.39 is 0 Å². The van der Waals surface area contributed by atoms with Crippen LogP contribution in [0.5, 0.6) is 0 Å². The quantitative estimate of drug-likeness (QED) is 0.776. The molecule has 0 radical (unpaired) electrons. The Morgan fingerprint density at radius 1 is 1.32 bits per heavy atom. The number of anilines is 2. The number of ether oxygens (including phenoxy) is 2. The first-order valence-corrected chi connectivity index (χ1v) is 8.03. The first kappa shape index (κ1) is 15.7. The molecule has 0 unspecified atom stereocenters. The smallest absolute Gasteiger partial charge is 0.223 e. The van der Waals surface area contributed by atoms with Crippen molar-refractivity contribution in [2.75, 3.05) is 57.1 Å². The average molecular weight is 328 g/mol. The standard InChI is InChI=1S/C14H22ClN5O2/c15-12-7-13(19-14(16)18-12)17-8-11(10-1-4-22-9-10)20-2-5-21-6-3-20/h7,10-11H,1-6,8-9H2,(H3,16,17,18,19)/t10-,11+/m1/s1.